The molecule has 0 radical (unpaired) electrons. The van der Waals surface area contributed by atoms with Crippen molar-refractivity contribution >= 4 is 5.97 Å². The van der Waals surface area contributed by atoms with Crippen LogP contribution in [0.2, 0.25) is 0 Å². The number of esters is 1. The van der Waals surface area contributed by atoms with Gasteiger partial charge in [0.15, 0.2) is 0 Å². The molecule has 108 valence electrons. The Kier molecular flexibility index (Phi) is 8.20. The van der Waals surface area contributed by atoms with Crippen molar-refractivity contribution in [3.63, 3.8) is 0 Å². The summed E-state index contributed by atoms with van der Waals surface area (Å²) in [6, 6.07) is 0. The third-order valence-corrected chi connectivity index (χ3v) is 2.75. The standard InChI is InChI=1S/C14H30N2O2/c1-7-9-15-14(5,13(17)18-8-2)11-16(6)10-12(3)4/h12,15H,7-11H2,1-6H3. The monoisotopic (exact) mass is 258 g/mol. The molecule has 1 atom stereocenters. The van der Waals surface area contributed by atoms with Crippen molar-refractivity contribution < 1.29 is 9.53 Å². The Morgan fingerprint density at radius 1 is 1.39 bits per heavy atom. The molecule has 0 spiro atoms. The molecule has 0 fully saturated rings. The molecule has 0 aliphatic carbocycles. The molecule has 4 heteroatoms. The maximum absolute atomic E-state index is 12.1. The largest absolute Gasteiger partial charge is 0.465 e. The van der Waals surface area contributed by atoms with Gasteiger partial charge in [0.2, 0.25) is 0 Å². The number of carbonyl (C=O) groups is 1. The van der Waals surface area contributed by atoms with Crippen LogP contribution in [0.25, 0.3) is 0 Å². The van der Waals surface area contributed by atoms with E-state index in [1.54, 1.807) is 0 Å². The Labute approximate surface area is 112 Å². The van der Waals surface area contributed by atoms with Crippen molar-refractivity contribution in [3.05, 3.63) is 0 Å². The van der Waals surface area contributed by atoms with Gasteiger partial charge in [0.25, 0.3) is 0 Å². The number of hydrogen-bond acceptors (Lipinski definition) is 4. The summed E-state index contributed by atoms with van der Waals surface area (Å²) in [6.07, 6.45) is 1.00. The number of hydrogen-bond donors (Lipinski definition) is 1. The van der Waals surface area contributed by atoms with Crippen LogP contribution in [0.1, 0.15) is 41.0 Å². The molecule has 0 bridgehead atoms. The molecule has 0 saturated heterocycles. The molecular weight excluding hydrogens is 228 g/mol. The van der Waals surface area contributed by atoms with Gasteiger partial charge < -0.3 is 15.0 Å². The lowest BCUT2D eigenvalue weighted by molar-refractivity contribution is -0.151. The lowest BCUT2D eigenvalue weighted by atomic mass is 10.0. The average Bonchev–Trinajstić information content (AvgIpc) is 2.25. The maximum Gasteiger partial charge on any atom is 0.327 e. The summed E-state index contributed by atoms with van der Waals surface area (Å²) >= 11 is 0. The van der Waals surface area contributed by atoms with E-state index in [4.69, 9.17) is 4.74 Å². The number of nitrogens with one attached hydrogen (secondary N) is 1. The minimum atomic E-state index is -0.615. The van der Waals surface area contributed by atoms with E-state index in [1.165, 1.54) is 0 Å². The van der Waals surface area contributed by atoms with E-state index in [-0.39, 0.29) is 5.97 Å². The lowest BCUT2D eigenvalue weighted by Gasteiger charge is -2.33. The molecule has 0 saturated carbocycles. The number of ether oxygens (including phenoxy) is 1. The van der Waals surface area contributed by atoms with Crippen LogP contribution in [0, 0.1) is 5.92 Å². The third kappa shape index (κ3) is 6.36. The Morgan fingerprint density at radius 2 is 2.00 bits per heavy atom. The second kappa shape index (κ2) is 8.48. The molecular formula is C14H30N2O2. The highest BCUT2D eigenvalue weighted by molar-refractivity contribution is 5.80. The van der Waals surface area contributed by atoms with Gasteiger partial charge in [-0.05, 0) is 39.8 Å². The Morgan fingerprint density at radius 3 is 2.44 bits per heavy atom. The highest BCUT2D eigenvalue weighted by atomic mass is 16.5. The zero-order valence-corrected chi connectivity index (χ0v) is 12.9. The summed E-state index contributed by atoms with van der Waals surface area (Å²) < 4.78 is 5.18. The van der Waals surface area contributed by atoms with Crippen LogP contribution in [0.5, 0.6) is 0 Å². The molecule has 0 aromatic heterocycles. The summed E-state index contributed by atoms with van der Waals surface area (Å²) in [5, 5.41) is 3.32. The summed E-state index contributed by atoms with van der Waals surface area (Å²) in [5.74, 6) is 0.432. The topological polar surface area (TPSA) is 41.6 Å². The van der Waals surface area contributed by atoms with Gasteiger partial charge >= 0.3 is 5.97 Å². The van der Waals surface area contributed by atoms with Gasteiger partial charge in [0.05, 0.1) is 6.61 Å². The van der Waals surface area contributed by atoms with Crippen LogP contribution in [-0.2, 0) is 9.53 Å². The summed E-state index contributed by atoms with van der Waals surface area (Å²) in [7, 11) is 2.05. The highest BCUT2D eigenvalue weighted by Crippen LogP contribution is 2.10. The van der Waals surface area contributed by atoms with Crippen molar-refractivity contribution in [1.29, 1.82) is 0 Å². The highest BCUT2D eigenvalue weighted by Gasteiger charge is 2.35. The predicted molar refractivity (Wildman–Crippen MR) is 75.7 cm³/mol. The van der Waals surface area contributed by atoms with Crippen molar-refractivity contribution in [2.24, 2.45) is 5.92 Å². The van der Waals surface area contributed by atoms with Crippen molar-refractivity contribution in [2.45, 2.75) is 46.6 Å². The van der Waals surface area contributed by atoms with E-state index < -0.39 is 5.54 Å². The van der Waals surface area contributed by atoms with Gasteiger partial charge in [-0.1, -0.05) is 20.8 Å². The Bertz CT molecular complexity index is 244. The predicted octanol–water partition coefficient (Wildman–Crippen LogP) is 1.90. The number of rotatable bonds is 9. The molecule has 4 nitrogen and oxygen atoms in total. The summed E-state index contributed by atoms with van der Waals surface area (Å²) in [4.78, 5) is 14.3. The van der Waals surface area contributed by atoms with E-state index in [1.807, 2.05) is 20.9 Å². The molecule has 0 aliphatic rings. The Balaban J connectivity index is 4.59. The van der Waals surface area contributed by atoms with E-state index in [0.29, 0.717) is 19.1 Å². The van der Waals surface area contributed by atoms with Crippen LogP contribution in [-0.4, -0.2) is 49.7 Å². The SMILES string of the molecule is CCCNC(C)(CN(C)CC(C)C)C(=O)OCC. The van der Waals surface area contributed by atoms with Crippen LogP contribution < -0.4 is 5.32 Å². The molecule has 0 heterocycles. The molecule has 18 heavy (non-hydrogen) atoms. The van der Waals surface area contributed by atoms with Gasteiger partial charge in [-0.3, -0.25) is 4.79 Å². The molecule has 0 aromatic rings. The second-order valence-corrected chi connectivity index (χ2v) is 5.57. The van der Waals surface area contributed by atoms with Crippen LogP contribution >= 0.6 is 0 Å². The molecule has 0 aromatic carbocycles. The fourth-order valence-corrected chi connectivity index (χ4v) is 2.11. The summed E-state index contributed by atoms with van der Waals surface area (Å²) in [5.41, 5.74) is -0.615. The zero-order valence-electron chi connectivity index (χ0n) is 12.9. The molecule has 0 rings (SSSR count). The first-order valence-electron chi connectivity index (χ1n) is 6.96. The van der Waals surface area contributed by atoms with Gasteiger partial charge in [-0.15, -0.1) is 0 Å². The molecule has 1 unspecified atom stereocenters. The smallest absolute Gasteiger partial charge is 0.327 e. The first-order valence-corrected chi connectivity index (χ1v) is 6.96. The first-order chi connectivity index (χ1) is 8.35. The summed E-state index contributed by atoms with van der Waals surface area (Å²) in [6.45, 7) is 13.1. The third-order valence-electron chi connectivity index (χ3n) is 2.75. The van der Waals surface area contributed by atoms with Gasteiger partial charge in [-0.2, -0.15) is 0 Å². The number of carbonyl (C=O) groups excluding carboxylic acids is 1. The zero-order chi connectivity index (χ0) is 14.2. The minimum Gasteiger partial charge on any atom is -0.465 e. The van der Waals surface area contributed by atoms with E-state index in [0.717, 1.165) is 19.5 Å². The van der Waals surface area contributed by atoms with Gasteiger partial charge in [0.1, 0.15) is 5.54 Å². The molecule has 0 amide bonds. The van der Waals surface area contributed by atoms with Gasteiger partial charge in [0, 0.05) is 13.1 Å². The van der Waals surface area contributed by atoms with E-state index >= 15 is 0 Å². The average molecular weight is 258 g/mol. The normalized spacial score (nSPS) is 14.9. The van der Waals surface area contributed by atoms with E-state index in [2.05, 4.69) is 31.0 Å². The fraction of sp³-hybridized carbons (Fsp3) is 0.929. The number of nitrogens with zero attached hydrogens (tertiary/aromatic N) is 1. The second-order valence-electron chi connectivity index (χ2n) is 5.57. The Hall–Kier alpha value is -0.610. The molecule has 0 aliphatic heterocycles. The van der Waals surface area contributed by atoms with Crippen LogP contribution in [0.4, 0.5) is 0 Å². The molecule has 1 N–H and O–H groups in total. The maximum atomic E-state index is 12.1. The van der Waals surface area contributed by atoms with Crippen molar-refractivity contribution in [3.8, 4) is 0 Å². The quantitative estimate of drug-likeness (QED) is 0.641. The lowest BCUT2D eigenvalue weighted by Crippen LogP contribution is -2.57. The van der Waals surface area contributed by atoms with Gasteiger partial charge in [-0.25, -0.2) is 0 Å². The van der Waals surface area contributed by atoms with Crippen molar-refractivity contribution in [1.82, 2.24) is 10.2 Å². The van der Waals surface area contributed by atoms with Crippen LogP contribution in [0.3, 0.4) is 0 Å². The number of likely N-dealkylation sites (N-methyl/N-ethyl adjacent to an activating group) is 1. The van der Waals surface area contributed by atoms with Crippen molar-refractivity contribution in [2.75, 3.05) is 33.3 Å². The van der Waals surface area contributed by atoms with E-state index in [9.17, 15) is 4.79 Å². The first kappa shape index (κ1) is 17.4. The fourth-order valence-electron chi connectivity index (χ4n) is 2.11. The van der Waals surface area contributed by atoms with Crippen LogP contribution in [0.15, 0.2) is 0 Å². The minimum absolute atomic E-state index is 0.158.